The Morgan fingerprint density at radius 3 is 2.85 bits per heavy atom. The van der Waals surface area contributed by atoms with E-state index in [1.54, 1.807) is 7.11 Å². The molecule has 3 aromatic rings. The summed E-state index contributed by atoms with van der Waals surface area (Å²) in [4.78, 5) is 7.23. The number of benzene rings is 1. The van der Waals surface area contributed by atoms with Crippen molar-refractivity contribution >= 4 is 5.65 Å². The van der Waals surface area contributed by atoms with Crippen molar-refractivity contribution in [2.24, 2.45) is 5.92 Å². The molecule has 1 aromatic carbocycles. The number of aliphatic hydroxyl groups excluding tert-OH is 1. The number of nitrogens with zero attached hydrogens (tertiary/aromatic N) is 3. The molecular weight excluding hydrogens is 342 g/mol. The highest BCUT2D eigenvalue weighted by molar-refractivity contribution is 5.67. The molecule has 1 N–H and O–H groups in total. The summed E-state index contributed by atoms with van der Waals surface area (Å²) in [5, 5.41) is 9.58. The second-order valence-corrected chi connectivity index (χ2v) is 6.92. The van der Waals surface area contributed by atoms with Gasteiger partial charge in [0.1, 0.15) is 11.4 Å². The van der Waals surface area contributed by atoms with Crippen LogP contribution in [0.25, 0.3) is 16.9 Å². The highest BCUT2D eigenvalue weighted by Crippen LogP contribution is 2.27. The van der Waals surface area contributed by atoms with Crippen molar-refractivity contribution in [2.45, 2.75) is 6.54 Å². The zero-order valence-electron chi connectivity index (χ0n) is 15.5. The molecule has 0 saturated carbocycles. The van der Waals surface area contributed by atoms with E-state index in [2.05, 4.69) is 15.5 Å². The minimum atomic E-state index is 0.148. The number of fused-ring (bicyclic) bond motifs is 1. The van der Waals surface area contributed by atoms with Crippen molar-refractivity contribution in [3.05, 3.63) is 54.4 Å². The summed E-state index contributed by atoms with van der Waals surface area (Å²) in [7, 11) is 1.67. The van der Waals surface area contributed by atoms with Crippen LogP contribution >= 0.6 is 0 Å². The third-order valence-corrected chi connectivity index (χ3v) is 5.05. The van der Waals surface area contributed by atoms with Gasteiger partial charge in [-0.1, -0.05) is 6.07 Å². The molecule has 1 unspecified atom stereocenters. The Morgan fingerprint density at radius 2 is 2.07 bits per heavy atom. The molecule has 3 heterocycles. The predicted molar refractivity (Wildman–Crippen MR) is 104 cm³/mol. The maximum atomic E-state index is 9.58. The second-order valence-electron chi connectivity index (χ2n) is 6.92. The summed E-state index contributed by atoms with van der Waals surface area (Å²) in [6, 6.07) is 14.1. The fourth-order valence-electron chi connectivity index (χ4n) is 3.60. The Hall–Kier alpha value is -2.41. The quantitative estimate of drug-likeness (QED) is 0.751. The van der Waals surface area contributed by atoms with Crippen LogP contribution in [0, 0.1) is 5.92 Å². The van der Waals surface area contributed by atoms with Gasteiger partial charge in [-0.3, -0.25) is 4.90 Å². The number of rotatable bonds is 5. The molecule has 2 aromatic heterocycles. The number of hydrogen-bond acceptors (Lipinski definition) is 5. The third-order valence-electron chi connectivity index (χ3n) is 5.05. The lowest BCUT2D eigenvalue weighted by Crippen LogP contribution is -2.31. The zero-order valence-corrected chi connectivity index (χ0v) is 15.5. The summed E-state index contributed by atoms with van der Waals surface area (Å²) < 4.78 is 13.1. The summed E-state index contributed by atoms with van der Waals surface area (Å²) >= 11 is 0. The third kappa shape index (κ3) is 3.83. The number of ether oxygens (including phenoxy) is 2. The molecule has 1 aliphatic heterocycles. The molecule has 4 rings (SSSR count). The van der Waals surface area contributed by atoms with Gasteiger partial charge in [0.05, 0.1) is 31.7 Å². The van der Waals surface area contributed by atoms with E-state index in [1.807, 2.05) is 42.5 Å². The molecule has 142 valence electrons. The Kier molecular flexibility index (Phi) is 5.38. The van der Waals surface area contributed by atoms with Gasteiger partial charge in [-0.25, -0.2) is 4.98 Å². The molecule has 1 fully saturated rings. The lowest BCUT2D eigenvalue weighted by molar-refractivity contribution is 0.0958. The van der Waals surface area contributed by atoms with Crippen molar-refractivity contribution < 1.29 is 14.6 Å². The standard InChI is InChI=1S/C21H25N3O3/c1-26-18-7-5-17(6-8-18)21-19(24-9-3-2-4-20(24)22-21)13-23-10-11-27-15-16(12-23)14-25/h2-9,16,25H,10-15H2,1H3. The average molecular weight is 367 g/mol. The topological polar surface area (TPSA) is 59.2 Å². The van der Waals surface area contributed by atoms with Gasteiger partial charge in [0.2, 0.25) is 0 Å². The monoisotopic (exact) mass is 367 g/mol. The van der Waals surface area contributed by atoms with Crippen molar-refractivity contribution in [1.29, 1.82) is 0 Å². The van der Waals surface area contributed by atoms with E-state index in [0.717, 1.165) is 48.0 Å². The van der Waals surface area contributed by atoms with Gasteiger partial charge >= 0.3 is 0 Å². The maximum absolute atomic E-state index is 9.58. The molecule has 0 spiro atoms. The first-order valence-electron chi connectivity index (χ1n) is 9.30. The van der Waals surface area contributed by atoms with Crippen LogP contribution in [0.2, 0.25) is 0 Å². The molecule has 0 amide bonds. The van der Waals surface area contributed by atoms with Gasteiger partial charge in [0, 0.05) is 43.9 Å². The van der Waals surface area contributed by atoms with Crippen LogP contribution in [0.15, 0.2) is 48.7 Å². The fourth-order valence-corrected chi connectivity index (χ4v) is 3.60. The van der Waals surface area contributed by atoms with E-state index in [4.69, 9.17) is 14.5 Å². The largest absolute Gasteiger partial charge is 0.497 e. The van der Waals surface area contributed by atoms with Gasteiger partial charge in [-0.2, -0.15) is 0 Å². The van der Waals surface area contributed by atoms with Gasteiger partial charge in [-0.15, -0.1) is 0 Å². The van der Waals surface area contributed by atoms with Gasteiger partial charge in [-0.05, 0) is 36.4 Å². The Morgan fingerprint density at radius 1 is 1.22 bits per heavy atom. The SMILES string of the molecule is COc1ccc(-c2nc3ccccn3c2CN2CCOCC(CO)C2)cc1. The molecule has 1 atom stereocenters. The number of methoxy groups -OCH3 is 1. The van der Waals surface area contributed by atoms with E-state index in [-0.39, 0.29) is 12.5 Å². The van der Waals surface area contributed by atoms with Crippen molar-refractivity contribution in [3.63, 3.8) is 0 Å². The molecule has 0 aliphatic carbocycles. The van der Waals surface area contributed by atoms with Crippen LogP contribution in [0.5, 0.6) is 5.75 Å². The molecule has 0 radical (unpaired) electrons. The van der Waals surface area contributed by atoms with E-state index >= 15 is 0 Å². The number of aliphatic hydroxyl groups is 1. The molecule has 6 heteroatoms. The predicted octanol–water partition coefficient (Wildman–Crippen LogP) is 2.45. The summed E-state index contributed by atoms with van der Waals surface area (Å²) in [6.45, 7) is 3.87. The second kappa shape index (κ2) is 8.08. The Labute approximate surface area is 159 Å². The number of aromatic nitrogens is 2. The molecule has 6 nitrogen and oxygen atoms in total. The van der Waals surface area contributed by atoms with E-state index in [0.29, 0.717) is 13.2 Å². The summed E-state index contributed by atoms with van der Waals surface area (Å²) in [6.07, 6.45) is 2.06. The first kappa shape index (κ1) is 18.0. The number of hydrogen-bond donors (Lipinski definition) is 1. The smallest absolute Gasteiger partial charge is 0.137 e. The van der Waals surface area contributed by atoms with Crippen LogP contribution in [0.4, 0.5) is 0 Å². The van der Waals surface area contributed by atoms with Gasteiger partial charge < -0.3 is 19.0 Å². The molecule has 27 heavy (non-hydrogen) atoms. The zero-order chi connectivity index (χ0) is 18.6. The van der Waals surface area contributed by atoms with Gasteiger partial charge in [0.15, 0.2) is 0 Å². The van der Waals surface area contributed by atoms with Crippen LogP contribution in [0.3, 0.4) is 0 Å². The van der Waals surface area contributed by atoms with E-state index < -0.39 is 0 Å². The summed E-state index contributed by atoms with van der Waals surface area (Å²) in [5.74, 6) is 0.982. The first-order valence-corrected chi connectivity index (χ1v) is 9.30. The van der Waals surface area contributed by atoms with Crippen LogP contribution in [0.1, 0.15) is 5.69 Å². The van der Waals surface area contributed by atoms with Crippen LogP contribution < -0.4 is 4.74 Å². The van der Waals surface area contributed by atoms with Crippen molar-refractivity contribution in [2.75, 3.05) is 40.0 Å². The molecule has 0 bridgehead atoms. The normalized spacial score (nSPS) is 18.5. The van der Waals surface area contributed by atoms with Crippen molar-refractivity contribution in [1.82, 2.24) is 14.3 Å². The Balaban J connectivity index is 1.71. The van der Waals surface area contributed by atoms with E-state index in [9.17, 15) is 5.11 Å². The number of imidazole rings is 1. The minimum Gasteiger partial charge on any atom is -0.497 e. The van der Waals surface area contributed by atoms with Gasteiger partial charge in [0.25, 0.3) is 0 Å². The lowest BCUT2D eigenvalue weighted by atomic mass is 10.1. The summed E-state index contributed by atoms with van der Waals surface area (Å²) in [5.41, 5.74) is 4.13. The minimum absolute atomic E-state index is 0.148. The maximum Gasteiger partial charge on any atom is 0.137 e. The van der Waals surface area contributed by atoms with Crippen LogP contribution in [-0.2, 0) is 11.3 Å². The highest BCUT2D eigenvalue weighted by Gasteiger charge is 2.22. The van der Waals surface area contributed by atoms with E-state index in [1.165, 1.54) is 0 Å². The average Bonchev–Trinajstić information content (AvgIpc) is 2.91. The first-order chi connectivity index (χ1) is 13.3. The highest BCUT2D eigenvalue weighted by atomic mass is 16.5. The fraction of sp³-hybridized carbons (Fsp3) is 0.381. The number of pyridine rings is 1. The van der Waals surface area contributed by atoms with Crippen LogP contribution in [-0.4, -0.2) is 59.4 Å². The molecular formula is C21H25N3O3. The lowest BCUT2D eigenvalue weighted by Gasteiger charge is -2.22. The Bertz CT molecular complexity index is 891. The molecule has 1 aliphatic rings. The molecule has 1 saturated heterocycles. The van der Waals surface area contributed by atoms with Crippen molar-refractivity contribution in [3.8, 4) is 17.0 Å².